The highest BCUT2D eigenvalue weighted by Crippen LogP contribution is 2.26. The minimum absolute atomic E-state index is 0.0150. The lowest BCUT2D eigenvalue weighted by Gasteiger charge is -2.13. The van der Waals surface area contributed by atoms with Gasteiger partial charge in [0.25, 0.3) is 10.0 Å². The first kappa shape index (κ1) is 22.8. The first-order chi connectivity index (χ1) is 14.7. The zero-order chi connectivity index (χ0) is 22.6. The molecule has 0 saturated heterocycles. The number of aromatic carboxylic acids is 1. The molecule has 0 fully saturated rings. The first-order valence-corrected chi connectivity index (χ1v) is 12.2. The molecular formula is C23H24N2O4S2. The van der Waals surface area contributed by atoms with E-state index in [1.165, 1.54) is 29.5 Å². The summed E-state index contributed by atoms with van der Waals surface area (Å²) in [7, 11) is -3.94. The molecule has 0 atom stereocenters. The van der Waals surface area contributed by atoms with Crippen molar-refractivity contribution in [1.82, 2.24) is 4.98 Å². The maximum absolute atomic E-state index is 12.7. The predicted octanol–water partition coefficient (Wildman–Crippen LogP) is 5.30. The standard InChI is InChI=1S/C23H24N2O4S2/c1-15(2)20-10-9-19(12-21(20)23(26)27)31(28,29)25-18-8-11-22(24-13-18)30-14-17-6-4-16(3)5-7-17/h4-13,15,25H,14H2,1-3H3,(H,26,27). The number of carbonyl (C=O) groups is 1. The number of anilines is 1. The normalized spacial score (nSPS) is 11.5. The van der Waals surface area contributed by atoms with E-state index in [0.717, 1.165) is 10.8 Å². The van der Waals surface area contributed by atoms with Gasteiger partial charge in [-0.2, -0.15) is 0 Å². The van der Waals surface area contributed by atoms with Crippen LogP contribution in [-0.4, -0.2) is 24.5 Å². The van der Waals surface area contributed by atoms with E-state index in [9.17, 15) is 18.3 Å². The van der Waals surface area contributed by atoms with Crippen molar-refractivity contribution in [2.45, 2.75) is 42.4 Å². The van der Waals surface area contributed by atoms with Gasteiger partial charge in [-0.05, 0) is 48.2 Å². The topological polar surface area (TPSA) is 96.4 Å². The van der Waals surface area contributed by atoms with Crippen LogP contribution in [0.5, 0.6) is 0 Å². The number of benzene rings is 2. The van der Waals surface area contributed by atoms with Crippen LogP contribution in [0.2, 0.25) is 0 Å². The zero-order valence-corrected chi connectivity index (χ0v) is 19.1. The van der Waals surface area contributed by atoms with Crippen molar-refractivity contribution in [2.75, 3.05) is 4.72 Å². The van der Waals surface area contributed by atoms with E-state index in [0.29, 0.717) is 11.3 Å². The van der Waals surface area contributed by atoms with Crippen LogP contribution in [0.15, 0.2) is 70.7 Å². The number of nitrogens with one attached hydrogen (secondary N) is 1. The maximum Gasteiger partial charge on any atom is 0.336 e. The van der Waals surface area contributed by atoms with Crippen molar-refractivity contribution >= 4 is 33.4 Å². The van der Waals surface area contributed by atoms with E-state index in [2.05, 4.69) is 34.0 Å². The molecule has 1 aromatic heterocycles. The molecular weight excluding hydrogens is 432 g/mol. The number of thioether (sulfide) groups is 1. The van der Waals surface area contributed by atoms with Crippen LogP contribution in [0.3, 0.4) is 0 Å². The lowest BCUT2D eigenvalue weighted by molar-refractivity contribution is 0.0695. The second-order valence-electron chi connectivity index (χ2n) is 7.47. The van der Waals surface area contributed by atoms with Crippen molar-refractivity contribution in [3.8, 4) is 0 Å². The number of nitrogens with zero attached hydrogens (tertiary/aromatic N) is 1. The van der Waals surface area contributed by atoms with E-state index in [1.807, 2.05) is 20.8 Å². The summed E-state index contributed by atoms with van der Waals surface area (Å²) in [6, 6.07) is 15.8. The van der Waals surface area contributed by atoms with Crippen molar-refractivity contribution < 1.29 is 18.3 Å². The summed E-state index contributed by atoms with van der Waals surface area (Å²) in [5.41, 5.74) is 3.27. The molecule has 162 valence electrons. The number of pyridine rings is 1. The molecule has 2 aromatic carbocycles. The van der Waals surface area contributed by atoms with Crippen molar-refractivity contribution in [3.63, 3.8) is 0 Å². The van der Waals surface area contributed by atoms with Gasteiger partial charge in [0.1, 0.15) is 0 Å². The van der Waals surface area contributed by atoms with E-state index in [1.54, 1.807) is 30.0 Å². The van der Waals surface area contributed by atoms with Crippen LogP contribution < -0.4 is 4.72 Å². The van der Waals surface area contributed by atoms with Crippen LogP contribution in [0, 0.1) is 6.92 Å². The minimum atomic E-state index is -3.94. The molecule has 6 nitrogen and oxygen atoms in total. The fourth-order valence-corrected chi connectivity index (χ4v) is 4.84. The number of carboxylic acid groups (broad SMARTS) is 1. The van der Waals surface area contributed by atoms with Crippen molar-refractivity contribution in [2.24, 2.45) is 0 Å². The number of aromatic nitrogens is 1. The van der Waals surface area contributed by atoms with Gasteiger partial charge < -0.3 is 5.11 Å². The Bertz CT molecular complexity index is 1170. The Morgan fingerprint density at radius 3 is 2.39 bits per heavy atom. The van der Waals surface area contributed by atoms with Gasteiger partial charge in [-0.15, -0.1) is 11.8 Å². The summed E-state index contributed by atoms with van der Waals surface area (Å²) in [5, 5.41) is 10.2. The molecule has 0 aliphatic rings. The zero-order valence-electron chi connectivity index (χ0n) is 17.5. The van der Waals surface area contributed by atoms with E-state index >= 15 is 0 Å². The van der Waals surface area contributed by atoms with Crippen LogP contribution in [0.4, 0.5) is 5.69 Å². The Morgan fingerprint density at radius 2 is 1.81 bits per heavy atom. The van der Waals surface area contributed by atoms with E-state index in [4.69, 9.17) is 0 Å². The third kappa shape index (κ3) is 5.86. The van der Waals surface area contributed by atoms with Crippen LogP contribution in [0.1, 0.15) is 46.8 Å². The van der Waals surface area contributed by atoms with E-state index in [-0.39, 0.29) is 16.4 Å². The SMILES string of the molecule is Cc1ccc(CSc2ccc(NS(=O)(=O)c3ccc(C(C)C)c(C(=O)O)c3)cn2)cc1. The lowest BCUT2D eigenvalue weighted by Crippen LogP contribution is -2.15. The van der Waals surface area contributed by atoms with Gasteiger partial charge in [0.05, 0.1) is 27.4 Å². The smallest absolute Gasteiger partial charge is 0.336 e. The second-order valence-corrected chi connectivity index (χ2v) is 10.2. The number of hydrogen-bond donors (Lipinski definition) is 2. The minimum Gasteiger partial charge on any atom is -0.478 e. The van der Waals surface area contributed by atoms with E-state index < -0.39 is 16.0 Å². The largest absolute Gasteiger partial charge is 0.478 e. The molecule has 1 heterocycles. The summed E-state index contributed by atoms with van der Waals surface area (Å²) in [6.07, 6.45) is 1.45. The summed E-state index contributed by atoms with van der Waals surface area (Å²) in [4.78, 5) is 15.8. The van der Waals surface area contributed by atoms with Crippen LogP contribution in [0.25, 0.3) is 0 Å². The molecule has 0 spiro atoms. The van der Waals surface area contributed by atoms with Gasteiger partial charge in [0.15, 0.2) is 0 Å². The summed E-state index contributed by atoms with van der Waals surface area (Å²) >= 11 is 1.56. The number of hydrogen-bond acceptors (Lipinski definition) is 5. The third-order valence-corrected chi connectivity index (χ3v) is 7.08. The summed E-state index contributed by atoms with van der Waals surface area (Å²) in [5.74, 6) is -0.430. The monoisotopic (exact) mass is 456 g/mol. The number of sulfonamides is 1. The summed E-state index contributed by atoms with van der Waals surface area (Å²) in [6.45, 7) is 5.76. The Hall–Kier alpha value is -2.84. The molecule has 31 heavy (non-hydrogen) atoms. The Labute approximate surface area is 186 Å². The molecule has 0 saturated carbocycles. The number of rotatable bonds is 8. The average molecular weight is 457 g/mol. The molecule has 0 bridgehead atoms. The number of carboxylic acids is 1. The quantitative estimate of drug-likeness (QED) is 0.446. The van der Waals surface area contributed by atoms with Crippen molar-refractivity contribution in [3.05, 3.63) is 83.0 Å². The van der Waals surface area contributed by atoms with Gasteiger partial charge in [-0.25, -0.2) is 18.2 Å². The number of aryl methyl sites for hydroxylation is 1. The molecule has 0 radical (unpaired) electrons. The molecule has 0 amide bonds. The Morgan fingerprint density at radius 1 is 1.10 bits per heavy atom. The predicted molar refractivity (Wildman–Crippen MR) is 123 cm³/mol. The van der Waals surface area contributed by atoms with Gasteiger partial charge in [-0.3, -0.25) is 4.72 Å². The molecule has 3 aromatic rings. The Balaban J connectivity index is 1.72. The Kier molecular flexibility index (Phi) is 7.02. The van der Waals surface area contributed by atoms with Crippen molar-refractivity contribution in [1.29, 1.82) is 0 Å². The third-order valence-electron chi connectivity index (χ3n) is 4.68. The van der Waals surface area contributed by atoms with Gasteiger partial charge in [-0.1, -0.05) is 49.7 Å². The maximum atomic E-state index is 12.7. The highest BCUT2D eigenvalue weighted by molar-refractivity contribution is 7.98. The molecule has 0 aliphatic carbocycles. The van der Waals surface area contributed by atoms with Gasteiger partial charge in [0.2, 0.25) is 0 Å². The summed E-state index contributed by atoms with van der Waals surface area (Å²) < 4.78 is 28.0. The molecule has 3 rings (SSSR count). The van der Waals surface area contributed by atoms with Crippen LogP contribution in [-0.2, 0) is 15.8 Å². The second kappa shape index (κ2) is 9.53. The highest BCUT2D eigenvalue weighted by Gasteiger charge is 2.20. The first-order valence-electron chi connectivity index (χ1n) is 9.70. The molecule has 0 aliphatic heterocycles. The highest BCUT2D eigenvalue weighted by atomic mass is 32.2. The van der Waals surface area contributed by atoms with Crippen LogP contribution >= 0.6 is 11.8 Å². The van der Waals surface area contributed by atoms with Gasteiger partial charge >= 0.3 is 5.97 Å². The fourth-order valence-electron chi connectivity index (χ4n) is 2.97. The lowest BCUT2D eigenvalue weighted by atomic mass is 9.97. The molecule has 0 unspecified atom stereocenters. The average Bonchev–Trinajstić information content (AvgIpc) is 2.73. The molecule has 8 heteroatoms. The molecule has 2 N–H and O–H groups in total. The van der Waals surface area contributed by atoms with Gasteiger partial charge in [0, 0.05) is 5.75 Å². The fraction of sp³-hybridized carbons (Fsp3) is 0.217.